The summed E-state index contributed by atoms with van der Waals surface area (Å²) in [6.45, 7) is 4.87. The highest BCUT2D eigenvalue weighted by atomic mass is 19.4. The maximum atomic E-state index is 12.3. The van der Waals surface area contributed by atoms with Gasteiger partial charge < -0.3 is 15.0 Å². The van der Waals surface area contributed by atoms with Crippen molar-refractivity contribution < 1.29 is 27.9 Å². The normalized spacial score (nSPS) is 10.9. The first-order chi connectivity index (χ1) is 14.6. The first kappa shape index (κ1) is 23.6. The number of anilines is 1. The molecule has 2 heterocycles. The SMILES string of the molecule is CCCn1ncc(NC(=O)Cn2cc(C)nc2-c2ccccc2)n1.O=C(O)C(F)(F)F. The number of carboxylic acid groups (broad SMARTS) is 1. The smallest absolute Gasteiger partial charge is 0.475 e. The van der Waals surface area contributed by atoms with Crippen LogP contribution in [-0.2, 0) is 22.7 Å². The van der Waals surface area contributed by atoms with Crippen LogP contribution in [0.15, 0.2) is 42.7 Å². The van der Waals surface area contributed by atoms with Crippen LogP contribution in [0.5, 0.6) is 0 Å². The highest BCUT2D eigenvalue weighted by Crippen LogP contribution is 2.18. The molecule has 0 aliphatic rings. The zero-order valence-electron chi connectivity index (χ0n) is 16.8. The van der Waals surface area contributed by atoms with Crippen molar-refractivity contribution in [2.24, 2.45) is 0 Å². The molecule has 0 atom stereocenters. The molecular weight excluding hydrogens is 417 g/mol. The number of nitrogens with zero attached hydrogens (tertiary/aromatic N) is 5. The monoisotopic (exact) mass is 438 g/mol. The minimum atomic E-state index is -5.08. The highest BCUT2D eigenvalue weighted by molar-refractivity contribution is 5.89. The van der Waals surface area contributed by atoms with E-state index in [9.17, 15) is 18.0 Å². The van der Waals surface area contributed by atoms with E-state index >= 15 is 0 Å². The summed E-state index contributed by atoms with van der Waals surface area (Å²) in [5.41, 5.74) is 1.85. The topological polar surface area (TPSA) is 115 Å². The molecule has 0 unspecified atom stereocenters. The average molecular weight is 438 g/mol. The largest absolute Gasteiger partial charge is 0.490 e. The second-order valence-corrected chi connectivity index (χ2v) is 6.38. The van der Waals surface area contributed by atoms with Crippen LogP contribution in [0.25, 0.3) is 11.4 Å². The molecule has 0 radical (unpaired) electrons. The minimum Gasteiger partial charge on any atom is -0.475 e. The summed E-state index contributed by atoms with van der Waals surface area (Å²) in [6, 6.07) is 9.82. The summed E-state index contributed by atoms with van der Waals surface area (Å²) in [5.74, 6) is -1.68. The van der Waals surface area contributed by atoms with Gasteiger partial charge in [-0.25, -0.2) is 9.78 Å². The van der Waals surface area contributed by atoms with Crippen molar-refractivity contribution in [1.82, 2.24) is 24.5 Å². The lowest BCUT2D eigenvalue weighted by Crippen LogP contribution is -2.21. The van der Waals surface area contributed by atoms with Gasteiger partial charge in [0.05, 0.1) is 18.4 Å². The third-order valence-electron chi connectivity index (χ3n) is 3.71. The number of hydrogen-bond acceptors (Lipinski definition) is 5. The van der Waals surface area contributed by atoms with E-state index in [1.807, 2.05) is 54.9 Å². The van der Waals surface area contributed by atoms with Crippen molar-refractivity contribution in [1.29, 1.82) is 0 Å². The Hall–Kier alpha value is -3.70. The number of aromatic nitrogens is 5. The minimum absolute atomic E-state index is 0.159. The van der Waals surface area contributed by atoms with Gasteiger partial charge in [-0.15, -0.1) is 5.10 Å². The van der Waals surface area contributed by atoms with E-state index in [0.29, 0.717) is 5.82 Å². The van der Waals surface area contributed by atoms with Crippen LogP contribution < -0.4 is 5.32 Å². The number of rotatable bonds is 6. The van der Waals surface area contributed by atoms with Gasteiger partial charge in [0.15, 0.2) is 5.82 Å². The van der Waals surface area contributed by atoms with Gasteiger partial charge in [0.1, 0.15) is 12.4 Å². The predicted molar refractivity (Wildman–Crippen MR) is 105 cm³/mol. The number of amides is 1. The third-order valence-corrected chi connectivity index (χ3v) is 3.71. The lowest BCUT2D eigenvalue weighted by atomic mass is 10.2. The van der Waals surface area contributed by atoms with Gasteiger partial charge in [-0.1, -0.05) is 37.3 Å². The van der Waals surface area contributed by atoms with E-state index in [2.05, 4.69) is 20.5 Å². The number of carbonyl (C=O) groups excluding carboxylic acids is 1. The summed E-state index contributed by atoms with van der Waals surface area (Å²) in [4.78, 5) is 27.3. The molecule has 31 heavy (non-hydrogen) atoms. The van der Waals surface area contributed by atoms with Gasteiger partial charge in [-0.3, -0.25) is 4.79 Å². The quantitative estimate of drug-likeness (QED) is 0.611. The molecule has 2 N–H and O–H groups in total. The number of aliphatic carboxylic acids is 1. The van der Waals surface area contributed by atoms with Crippen LogP contribution in [0.4, 0.5) is 19.0 Å². The summed E-state index contributed by atoms with van der Waals surface area (Å²) < 4.78 is 33.6. The molecule has 3 rings (SSSR count). The molecule has 0 spiro atoms. The Labute approximate surface area is 175 Å². The van der Waals surface area contributed by atoms with Crippen LogP contribution in [0.2, 0.25) is 0 Å². The zero-order valence-corrected chi connectivity index (χ0v) is 16.8. The van der Waals surface area contributed by atoms with Crippen molar-refractivity contribution in [2.75, 3.05) is 5.32 Å². The van der Waals surface area contributed by atoms with Gasteiger partial charge in [-0.2, -0.15) is 23.1 Å². The lowest BCUT2D eigenvalue weighted by molar-refractivity contribution is -0.192. The molecule has 0 saturated heterocycles. The van der Waals surface area contributed by atoms with E-state index in [1.54, 1.807) is 11.0 Å². The maximum Gasteiger partial charge on any atom is 0.490 e. The van der Waals surface area contributed by atoms with Crippen LogP contribution in [0, 0.1) is 6.92 Å². The number of benzene rings is 1. The lowest BCUT2D eigenvalue weighted by Gasteiger charge is -2.07. The van der Waals surface area contributed by atoms with Crippen molar-refractivity contribution >= 4 is 17.7 Å². The number of hydrogen-bond donors (Lipinski definition) is 2. The molecule has 0 aliphatic carbocycles. The number of carboxylic acids is 1. The fourth-order valence-electron chi connectivity index (χ4n) is 2.48. The Morgan fingerprint density at radius 2 is 1.84 bits per heavy atom. The molecule has 12 heteroatoms. The third kappa shape index (κ3) is 7.24. The fourth-order valence-corrected chi connectivity index (χ4v) is 2.48. The van der Waals surface area contributed by atoms with E-state index in [1.165, 1.54) is 0 Å². The van der Waals surface area contributed by atoms with Crippen molar-refractivity contribution in [3.8, 4) is 11.4 Å². The molecular formula is C19H21F3N6O3. The van der Waals surface area contributed by atoms with Crippen molar-refractivity contribution in [3.63, 3.8) is 0 Å². The second-order valence-electron chi connectivity index (χ2n) is 6.38. The second kappa shape index (κ2) is 10.4. The van der Waals surface area contributed by atoms with E-state index < -0.39 is 12.1 Å². The number of nitrogens with one attached hydrogen (secondary N) is 1. The molecule has 0 fully saturated rings. The van der Waals surface area contributed by atoms with Gasteiger partial charge in [-0.05, 0) is 13.3 Å². The van der Waals surface area contributed by atoms with Gasteiger partial charge >= 0.3 is 12.1 Å². The van der Waals surface area contributed by atoms with Crippen LogP contribution in [0.1, 0.15) is 19.0 Å². The van der Waals surface area contributed by atoms with Gasteiger partial charge in [0.2, 0.25) is 5.91 Å². The van der Waals surface area contributed by atoms with Crippen LogP contribution in [0.3, 0.4) is 0 Å². The Morgan fingerprint density at radius 3 is 2.42 bits per heavy atom. The van der Waals surface area contributed by atoms with Crippen LogP contribution in [-0.4, -0.2) is 47.7 Å². The summed E-state index contributed by atoms with van der Waals surface area (Å²) in [5, 5.41) is 18.2. The van der Waals surface area contributed by atoms with Crippen molar-refractivity contribution in [3.05, 3.63) is 48.4 Å². The van der Waals surface area contributed by atoms with E-state index in [-0.39, 0.29) is 12.5 Å². The number of alkyl halides is 3. The van der Waals surface area contributed by atoms with Gasteiger partial charge in [0, 0.05) is 11.8 Å². The number of imidazole rings is 1. The Kier molecular flexibility index (Phi) is 7.88. The fraction of sp³-hybridized carbons (Fsp3) is 0.316. The summed E-state index contributed by atoms with van der Waals surface area (Å²) in [6.07, 6.45) is -0.711. The van der Waals surface area contributed by atoms with E-state index in [0.717, 1.165) is 30.0 Å². The molecule has 0 bridgehead atoms. The summed E-state index contributed by atoms with van der Waals surface area (Å²) >= 11 is 0. The number of aryl methyl sites for hydroxylation is 2. The van der Waals surface area contributed by atoms with E-state index in [4.69, 9.17) is 9.90 Å². The standard InChI is InChI=1S/C17H20N6O.C2HF3O2/c1-3-9-23-18-10-15(21-23)20-16(24)12-22-11-13(2)19-17(22)14-7-5-4-6-8-14;3-2(4,5)1(6)7/h4-8,10-11H,3,9,12H2,1-2H3,(H,20,21,24);(H,6,7). The predicted octanol–water partition coefficient (Wildman–Crippen LogP) is 3.13. The maximum absolute atomic E-state index is 12.3. The molecule has 166 valence electrons. The number of carbonyl (C=O) groups is 2. The molecule has 3 aromatic rings. The Morgan fingerprint density at radius 1 is 1.19 bits per heavy atom. The summed E-state index contributed by atoms with van der Waals surface area (Å²) in [7, 11) is 0. The molecule has 0 aliphatic heterocycles. The zero-order chi connectivity index (χ0) is 23.0. The first-order valence-electron chi connectivity index (χ1n) is 9.19. The molecule has 2 aromatic heterocycles. The molecule has 9 nitrogen and oxygen atoms in total. The Bertz CT molecular complexity index is 1010. The average Bonchev–Trinajstić information content (AvgIpc) is 3.28. The molecule has 1 aromatic carbocycles. The highest BCUT2D eigenvalue weighted by Gasteiger charge is 2.38. The molecule has 1 amide bonds. The van der Waals surface area contributed by atoms with Crippen molar-refractivity contribution in [2.45, 2.75) is 39.5 Å². The van der Waals surface area contributed by atoms with Crippen LogP contribution >= 0.6 is 0 Å². The van der Waals surface area contributed by atoms with Gasteiger partial charge in [0.25, 0.3) is 0 Å². The molecule has 0 saturated carbocycles. The Balaban J connectivity index is 0.000000423. The number of halogens is 3. The first-order valence-corrected chi connectivity index (χ1v) is 9.19.